The van der Waals surface area contributed by atoms with E-state index in [1.54, 1.807) is 0 Å². The molecule has 3 heterocycles. The minimum atomic E-state index is -0.351. The molecule has 5 aromatic carbocycles. The van der Waals surface area contributed by atoms with Crippen LogP contribution in [-0.4, -0.2) is 14.1 Å². The Kier molecular flexibility index (Phi) is 11.5. The van der Waals surface area contributed by atoms with Crippen LogP contribution in [0.2, 0.25) is 0 Å². The summed E-state index contributed by atoms with van der Waals surface area (Å²) in [5, 5.41) is 0. The number of imidazole rings is 2. The first-order chi connectivity index (χ1) is 27.5. The Morgan fingerprint density at radius 3 is 1.81 bits per heavy atom. The van der Waals surface area contributed by atoms with Gasteiger partial charge in [0.15, 0.2) is 0 Å². The van der Waals surface area contributed by atoms with Crippen molar-refractivity contribution in [2.75, 3.05) is 0 Å². The smallest absolute Gasteiger partial charge is 0.267 e. The Morgan fingerprint density at radius 2 is 1.21 bits per heavy atom. The van der Waals surface area contributed by atoms with Gasteiger partial charge in [-0.25, -0.2) is 4.98 Å². The molecule has 0 bridgehead atoms. The van der Waals surface area contributed by atoms with Crippen molar-refractivity contribution in [2.24, 2.45) is 0 Å². The largest absolute Gasteiger partial charge is 0.658 e. The van der Waals surface area contributed by atoms with Crippen LogP contribution in [0.15, 0.2) is 152 Å². The Balaban J connectivity index is 0.00000512. The number of benzene rings is 5. The Labute approximate surface area is 358 Å². The summed E-state index contributed by atoms with van der Waals surface area (Å²) >= 11 is 0. The topological polar surface area (TPSA) is 40.7 Å². The van der Waals surface area contributed by atoms with Crippen LogP contribution in [0.3, 0.4) is 0 Å². The van der Waals surface area contributed by atoms with Crippen LogP contribution in [0.4, 0.5) is 0 Å². The molecule has 296 valence electrons. The standard InChI is InChI=1S/C52H51N5.Pt/c1-36(2)42-24-16-25-43(37(3)4)49(42)57-31-30-53-50(57)46-28-29-47(54-46)52(7,8)51(5,6)40-22-15-23-41(34-40)55-32-33-56(35-55)48-44(38-18-11-9-12-19-38)26-17-27-45(48)39-20-13-10-14-21-39;/h9-33,36-37H,1-8H3;/q-2;. The van der Waals surface area contributed by atoms with Crippen molar-refractivity contribution in [2.45, 2.75) is 78.1 Å². The maximum Gasteiger partial charge on any atom is 0.267 e. The summed E-state index contributed by atoms with van der Waals surface area (Å²) < 4.78 is 6.40. The van der Waals surface area contributed by atoms with Crippen molar-refractivity contribution < 1.29 is 25.6 Å². The fourth-order valence-electron chi connectivity index (χ4n) is 8.00. The summed E-state index contributed by atoms with van der Waals surface area (Å²) in [5.74, 6) is 1.60. The summed E-state index contributed by atoms with van der Waals surface area (Å²) in [5.41, 5.74) is 12.8. The zero-order valence-corrected chi connectivity index (χ0v) is 36.9. The average molecular weight is 941 g/mol. The Morgan fingerprint density at radius 1 is 0.621 bits per heavy atom. The minimum absolute atomic E-state index is 0. The van der Waals surface area contributed by atoms with Crippen molar-refractivity contribution in [3.8, 4) is 50.8 Å². The molecule has 0 aliphatic carbocycles. The summed E-state index contributed by atoms with van der Waals surface area (Å²) in [6.07, 6.45) is 11.8. The van der Waals surface area contributed by atoms with E-state index < -0.39 is 0 Å². The van der Waals surface area contributed by atoms with Crippen molar-refractivity contribution in [1.82, 2.24) is 19.1 Å². The number of hydrogen-bond acceptors (Lipinski definition) is 1. The van der Waals surface area contributed by atoms with Crippen molar-refractivity contribution in [1.29, 1.82) is 0 Å². The normalized spacial score (nSPS) is 12.0. The van der Waals surface area contributed by atoms with Crippen LogP contribution >= 0.6 is 0 Å². The monoisotopic (exact) mass is 940 g/mol. The quantitative estimate of drug-likeness (QED) is 0.0958. The van der Waals surface area contributed by atoms with Crippen LogP contribution in [0.25, 0.3) is 50.8 Å². The van der Waals surface area contributed by atoms with Gasteiger partial charge in [0.25, 0.3) is 6.33 Å². The van der Waals surface area contributed by atoms with Crippen LogP contribution in [-0.2, 0) is 31.9 Å². The molecule has 0 aliphatic rings. The molecule has 6 heteroatoms. The first-order valence-electron chi connectivity index (χ1n) is 20.1. The van der Waals surface area contributed by atoms with Crippen LogP contribution in [0, 0.1) is 12.4 Å². The predicted octanol–water partition coefficient (Wildman–Crippen LogP) is 12.0. The molecule has 0 spiro atoms. The zero-order valence-electron chi connectivity index (χ0n) is 34.6. The van der Waals surface area contributed by atoms with Gasteiger partial charge >= 0.3 is 0 Å². The fraction of sp³-hybridized carbons (Fsp3) is 0.231. The average Bonchev–Trinajstić information content (AvgIpc) is 4.03. The second-order valence-electron chi connectivity index (χ2n) is 16.7. The van der Waals surface area contributed by atoms with E-state index in [-0.39, 0.29) is 31.9 Å². The number of rotatable bonds is 11. The predicted molar refractivity (Wildman–Crippen MR) is 232 cm³/mol. The van der Waals surface area contributed by atoms with Gasteiger partial charge < -0.3 is 14.1 Å². The molecule has 0 fully saturated rings. The number of para-hydroxylation sites is 2. The molecule has 8 rings (SSSR count). The van der Waals surface area contributed by atoms with E-state index in [0.717, 1.165) is 56.4 Å². The van der Waals surface area contributed by atoms with E-state index in [9.17, 15) is 0 Å². The summed E-state index contributed by atoms with van der Waals surface area (Å²) in [6.45, 7) is 18.2. The maximum atomic E-state index is 5.32. The van der Waals surface area contributed by atoms with Crippen LogP contribution in [0.5, 0.6) is 0 Å². The summed E-state index contributed by atoms with van der Waals surface area (Å²) in [4.78, 5) is 10.2. The van der Waals surface area contributed by atoms with Crippen molar-refractivity contribution >= 4 is 0 Å². The van der Waals surface area contributed by atoms with Crippen molar-refractivity contribution in [3.63, 3.8) is 0 Å². The van der Waals surface area contributed by atoms with Gasteiger partial charge in [-0.3, -0.25) is 4.57 Å². The third-order valence-corrected chi connectivity index (χ3v) is 12.0. The second kappa shape index (κ2) is 16.4. The molecule has 0 aliphatic heterocycles. The molecule has 0 radical (unpaired) electrons. The summed E-state index contributed by atoms with van der Waals surface area (Å²) in [7, 11) is 0. The van der Waals surface area contributed by atoms with Gasteiger partial charge in [-0.2, -0.15) is 35.5 Å². The van der Waals surface area contributed by atoms with Gasteiger partial charge in [-0.1, -0.05) is 170 Å². The molecule has 0 amide bonds. The van der Waals surface area contributed by atoms with E-state index in [2.05, 4.69) is 223 Å². The van der Waals surface area contributed by atoms with Gasteiger partial charge in [0.2, 0.25) is 0 Å². The number of aromatic nitrogens is 5. The second-order valence-corrected chi connectivity index (χ2v) is 16.7. The van der Waals surface area contributed by atoms with Gasteiger partial charge in [-0.15, -0.1) is 0 Å². The third kappa shape index (κ3) is 7.37. The van der Waals surface area contributed by atoms with Crippen molar-refractivity contribution in [3.05, 3.63) is 187 Å². The van der Waals surface area contributed by atoms with Gasteiger partial charge in [0.1, 0.15) is 5.82 Å². The van der Waals surface area contributed by atoms with E-state index in [4.69, 9.17) is 9.97 Å². The molecule has 8 aromatic rings. The molecule has 0 N–H and O–H groups in total. The molecular weight excluding hydrogens is 890 g/mol. The first kappa shape index (κ1) is 40.7. The third-order valence-electron chi connectivity index (χ3n) is 12.0. The zero-order chi connectivity index (χ0) is 39.9. The number of hydrogen-bond donors (Lipinski definition) is 0. The molecule has 0 saturated heterocycles. The summed E-state index contributed by atoms with van der Waals surface area (Å²) in [6, 6.07) is 48.9. The SMILES string of the molecule is CC(C)c1cccc(C(C)C)c1-n1ccnc1-c1ccc(C(C)(C)C(C)(C)c2[c-]c(-[n+]3[c-]n(-c4c(-c5ccccc5)cccc4-c4ccccc4)cc3)ccc2)[n-]1.[Pt]. The molecule has 0 unspecified atom stereocenters. The van der Waals surface area contributed by atoms with Crippen LogP contribution in [0.1, 0.15) is 89.6 Å². The maximum absolute atomic E-state index is 5.32. The molecule has 0 atom stereocenters. The van der Waals surface area contributed by atoms with Gasteiger partial charge in [0.05, 0.1) is 11.4 Å². The Bertz CT molecular complexity index is 2560. The molecule has 5 nitrogen and oxygen atoms in total. The number of nitrogens with zero attached hydrogens (tertiary/aromatic N) is 5. The molecule has 3 aromatic heterocycles. The fourth-order valence-corrected chi connectivity index (χ4v) is 8.00. The van der Waals surface area contributed by atoms with E-state index in [0.29, 0.717) is 11.8 Å². The van der Waals surface area contributed by atoms with Gasteiger partial charge in [0, 0.05) is 45.9 Å². The van der Waals surface area contributed by atoms with E-state index in [1.165, 1.54) is 16.8 Å². The Hall–Kier alpha value is -5.51. The van der Waals surface area contributed by atoms with Gasteiger partial charge in [-0.05, 0) is 61.7 Å². The van der Waals surface area contributed by atoms with Crippen LogP contribution < -0.4 is 9.55 Å². The molecular formula is C52H51N5Pt-2. The molecule has 58 heavy (non-hydrogen) atoms. The first-order valence-corrected chi connectivity index (χ1v) is 20.1. The van der Waals surface area contributed by atoms with E-state index in [1.807, 2.05) is 10.8 Å². The van der Waals surface area contributed by atoms with E-state index >= 15 is 0 Å². The molecule has 0 saturated carbocycles. The minimum Gasteiger partial charge on any atom is -0.658 e.